The van der Waals surface area contributed by atoms with Crippen molar-refractivity contribution in [2.75, 3.05) is 33.4 Å². The first kappa shape index (κ1) is 14.9. The Labute approximate surface area is 108 Å². The second kappa shape index (κ2) is 7.33. The molecule has 0 unspecified atom stereocenters. The van der Waals surface area contributed by atoms with Crippen LogP contribution in [0.1, 0.15) is 19.8 Å². The first-order chi connectivity index (χ1) is 8.56. The summed E-state index contributed by atoms with van der Waals surface area (Å²) < 4.78 is 4.89. The highest BCUT2D eigenvalue weighted by Gasteiger charge is 2.31. The first-order valence-electron chi connectivity index (χ1n) is 6.34. The summed E-state index contributed by atoms with van der Waals surface area (Å²) in [4.78, 5) is 24.9. The highest BCUT2D eigenvalue weighted by molar-refractivity contribution is 5.81. The SMILES string of the molecule is COCCNCC(=O)N1C[C@@H](C(N)=O)CC[C@@H]1C. The van der Waals surface area contributed by atoms with Crippen LogP contribution in [0.25, 0.3) is 0 Å². The quantitative estimate of drug-likeness (QED) is 0.618. The van der Waals surface area contributed by atoms with Gasteiger partial charge in [-0.05, 0) is 19.8 Å². The largest absolute Gasteiger partial charge is 0.383 e. The standard InChI is InChI=1S/C12H23N3O3/c1-9-3-4-10(12(13)17)8-15(9)11(16)7-14-5-6-18-2/h9-10,14H,3-8H2,1-2H3,(H2,13,17)/t9-,10-/m0/s1. The molecule has 0 saturated carbocycles. The summed E-state index contributed by atoms with van der Waals surface area (Å²) >= 11 is 0. The molecule has 0 bridgehead atoms. The number of primary amides is 1. The molecule has 0 aromatic rings. The summed E-state index contributed by atoms with van der Waals surface area (Å²) in [5.41, 5.74) is 5.31. The Bertz CT molecular complexity index is 296. The number of hydrogen-bond acceptors (Lipinski definition) is 4. The van der Waals surface area contributed by atoms with E-state index >= 15 is 0 Å². The molecule has 18 heavy (non-hydrogen) atoms. The number of carbonyl (C=O) groups is 2. The minimum absolute atomic E-state index is 0.0181. The lowest BCUT2D eigenvalue weighted by Crippen LogP contribution is -2.51. The van der Waals surface area contributed by atoms with Crippen LogP contribution in [0.2, 0.25) is 0 Å². The van der Waals surface area contributed by atoms with Crippen LogP contribution in [0.5, 0.6) is 0 Å². The van der Waals surface area contributed by atoms with Gasteiger partial charge in [-0.2, -0.15) is 0 Å². The predicted octanol–water partition coefficient (Wildman–Crippen LogP) is -0.665. The van der Waals surface area contributed by atoms with Crippen LogP contribution in [0.3, 0.4) is 0 Å². The molecule has 2 amide bonds. The normalized spacial score (nSPS) is 24.0. The maximum atomic E-state index is 12.0. The van der Waals surface area contributed by atoms with Gasteiger partial charge in [0, 0.05) is 26.2 Å². The van der Waals surface area contributed by atoms with Crippen molar-refractivity contribution in [2.24, 2.45) is 11.7 Å². The Morgan fingerprint density at radius 2 is 2.17 bits per heavy atom. The molecule has 104 valence electrons. The molecule has 1 heterocycles. The van der Waals surface area contributed by atoms with Gasteiger partial charge in [0.1, 0.15) is 0 Å². The summed E-state index contributed by atoms with van der Waals surface area (Å²) in [6, 6.07) is 0.178. The third-order valence-electron chi connectivity index (χ3n) is 3.36. The Morgan fingerprint density at radius 1 is 1.44 bits per heavy atom. The number of hydrogen-bond donors (Lipinski definition) is 2. The molecule has 1 rings (SSSR count). The van der Waals surface area contributed by atoms with E-state index in [-0.39, 0.29) is 30.3 Å². The summed E-state index contributed by atoms with van der Waals surface area (Å²) in [6.07, 6.45) is 1.61. The molecule has 1 aliphatic heterocycles. The second-order valence-corrected chi connectivity index (χ2v) is 4.74. The molecule has 6 nitrogen and oxygen atoms in total. The number of nitrogens with two attached hydrogens (primary N) is 1. The van der Waals surface area contributed by atoms with Gasteiger partial charge in [0.05, 0.1) is 19.1 Å². The summed E-state index contributed by atoms with van der Waals surface area (Å²) in [5.74, 6) is -0.499. The fraction of sp³-hybridized carbons (Fsp3) is 0.833. The van der Waals surface area contributed by atoms with Crippen LogP contribution in [-0.2, 0) is 14.3 Å². The zero-order chi connectivity index (χ0) is 13.5. The lowest BCUT2D eigenvalue weighted by molar-refractivity contribution is -0.136. The van der Waals surface area contributed by atoms with Gasteiger partial charge in [-0.15, -0.1) is 0 Å². The van der Waals surface area contributed by atoms with E-state index in [1.54, 1.807) is 12.0 Å². The number of amides is 2. The molecule has 1 fully saturated rings. The number of nitrogens with one attached hydrogen (secondary N) is 1. The molecule has 0 radical (unpaired) electrons. The summed E-state index contributed by atoms with van der Waals surface area (Å²) in [7, 11) is 1.62. The van der Waals surface area contributed by atoms with E-state index in [2.05, 4.69) is 5.32 Å². The molecule has 0 spiro atoms. The van der Waals surface area contributed by atoms with Crippen LogP contribution >= 0.6 is 0 Å². The van der Waals surface area contributed by atoms with E-state index in [1.807, 2.05) is 6.92 Å². The molecule has 6 heteroatoms. The Hall–Kier alpha value is -1.14. The maximum Gasteiger partial charge on any atom is 0.236 e. The van der Waals surface area contributed by atoms with Gasteiger partial charge in [0.25, 0.3) is 0 Å². The van der Waals surface area contributed by atoms with Gasteiger partial charge in [-0.25, -0.2) is 0 Å². The molecule has 1 saturated heterocycles. The molecule has 3 N–H and O–H groups in total. The van der Waals surface area contributed by atoms with Crippen LogP contribution in [0, 0.1) is 5.92 Å². The number of methoxy groups -OCH3 is 1. The third kappa shape index (κ3) is 4.27. The molecular formula is C12H23N3O3. The zero-order valence-corrected chi connectivity index (χ0v) is 11.1. The van der Waals surface area contributed by atoms with E-state index in [0.717, 1.165) is 12.8 Å². The minimum atomic E-state index is -0.313. The van der Waals surface area contributed by atoms with E-state index in [9.17, 15) is 9.59 Å². The number of ether oxygens (including phenoxy) is 1. The lowest BCUT2D eigenvalue weighted by atomic mass is 9.93. The highest BCUT2D eigenvalue weighted by atomic mass is 16.5. The number of carbonyl (C=O) groups excluding carboxylic acids is 2. The Kier molecular flexibility index (Phi) is 6.07. The van der Waals surface area contributed by atoms with Gasteiger partial charge in [-0.1, -0.05) is 0 Å². The average Bonchev–Trinajstić information content (AvgIpc) is 2.34. The molecular weight excluding hydrogens is 234 g/mol. The van der Waals surface area contributed by atoms with E-state index in [1.165, 1.54) is 0 Å². The van der Waals surface area contributed by atoms with Gasteiger partial charge in [0.2, 0.25) is 11.8 Å². The van der Waals surface area contributed by atoms with E-state index < -0.39 is 0 Å². The molecule has 0 aliphatic carbocycles. The lowest BCUT2D eigenvalue weighted by Gasteiger charge is -2.37. The van der Waals surface area contributed by atoms with Crippen molar-refractivity contribution >= 4 is 11.8 Å². The topological polar surface area (TPSA) is 84.7 Å². The third-order valence-corrected chi connectivity index (χ3v) is 3.36. The highest BCUT2D eigenvalue weighted by Crippen LogP contribution is 2.21. The van der Waals surface area contributed by atoms with E-state index in [4.69, 9.17) is 10.5 Å². The number of likely N-dealkylation sites (tertiary alicyclic amines) is 1. The van der Waals surface area contributed by atoms with Gasteiger partial charge >= 0.3 is 0 Å². The van der Waals surface area contributed by atoms with Crippen LogP contribution in [0.15, 0.2) is 0 Å². The molecule has 0 aromatic heterocycles. The minimum Gasteiger partial charge on any atom is -0.383 e. The van der Waals surface area contributed by atoms with E-state index in [0.29, 0.717) is 19.7 Å². The van der Waals surface area contributed by atoms with Gasteiger partial charge in [-0.3, -0.25) is 9.59 Å². The molecule has 0 aromatic carbocycles. The van der Waals surface area contributed by atoms with Crippen molar-refractivity contribution in [3.63, 3.8) is 0 Å². The van der Waals surface area contributed by atoms with Crippen molar-refractivity contribution in [3.05, 3.63) is 0 Å². The number of nitrogens with zero attached hydrogens (tertiary/aromatic N) is 1. The first-order valence-corrected chi connectivity index (χ1v) is 6.34. The van der Waals surface area contributed by atoms with Crippen LogP contribution in [-0.4, -0.2) is 56.1 Å². The Balaban J connectivity index is 2.41. The fourth-order valence-electron chi connectivity index (χ4n) is 2.16. The van der Waals surface area contributed by atoms with Crippen molar-refractivity contribution in [1.29, 1.82) is 0 Å². The monoisotopic (exact) mass is 257 g/mol. The van der Waals surface area contributed by atoms with Crippen LogP contribution in [0.4, 0.5) is 0 Å². The van der Waals surface area contributed by atoms with Crippen molar-refractivity contribution in [3.8, 4) is 0 Å². The number of piperidine rings is 1. The van der Waals surface area contributed by atoms with Crippen molar-refractivity contribution in [1.82, 2.24) is 10.2 Å². The van der Waals surface area contributed by atoms with Gasteiger partial charge < -0.3 is 20.7 Å². The summed E-state index contributed by atoms with van der Waals surface area (Å²) in [6.45, 7) is 3.95. The van der Waals surface area contributed by atoms with Crippen molar-refractivity contribution in [2.45, 2.75) is 25.8 Å². The Morgan fingerprint density at radius 3 is 2.78 bits per heavy atom. The zero-order valence-electron chi connectivity index (χ0n) is 11.1. The van der Waals surface area contributed by atoms with Gasteiger partial charge in [0.15, 0.2) is 0 Å². The summed E-state index contributed by atoms with van der Waals surface area (Å²) in [5, 5.41) is 3.02. The second-order valence-electron chi connectivity index (χ2n) is 4.74. The predicted molar refractivity (Wildman–Crippen MR) is 67.8 cm³/mol. The number of rotatable bonds is 6. The maximum absolute atomic E-state index is 12.0. The smallest absolute Gasteiger partial charge is 0.236 e. The fourth-order valence-corrected chi connectivity index (χ4v) is 2.16. The average molecular weight is 257 g/mol. The molecule has 1 aliphatic rings. The molecule has 2 atom stereocenters. The van der Waals surface area contributed by atoms with Crippen LogP contribution < -0.4 is 11.1 Å². The van der Waals surface area contributed by atoms with Crippen molar-refractivity contribution < 1.29 is 14.3 Å².